The quantitative estimate of drug-likeness (QED) is 0.182. The summed E-state index contributed by atoms with van der Waals surface area (Å²) in [5.74, 6) is 7.46. The van der Waals surface area contributed by atoms with Crippen molar-refractivity contribution < 1.29 is 0 Å². The SMILES string of the molecule is [CH3][Ge]([CH3])([CH3])[c]1cc(-c2cccc3c2sc2ccccc23)nc2ccc3ccccc3c12. The summed E-state index contributed by atoms with van der Waals surface area (Å²) in [6.45, 7) is 0. The third-order valence-electron chi connectivity index (χ3n) is 6.19. The normalized spacial score (nSPS) is 12.4. The van der Waals surface area contributed by atoms with Crippen LogP contribution in [0.15, 0.2) is 84.9 Å². The molecule has 0 saturated carbocycles. The number of nitrogens with zero attached hydrogens (tertiary/aromatic N) is 1. The second-order valence-corrected chi connectivity index (χ2v) is 20.9. The van der Waals surface area contributed by atoms with E-state index in [1.807, 2.05) is 11.3 Å². The van der Waals surface area contributed by atoms with Crippen molar-refractivity contribution in [2.75, 3.05) is 0 Å². The van der Waals surface area contributed by atoms with Crippen LogP contribution in [0.3, 0.4) is 0 Å². The van der Waals surface area contributed by atoms with Gasteiger partial charge in [0.1, 0.15) is 0 Å². The van der Waals surface area contributed by atoms with Crippen molar-refractivity contribution in [2.24, 2.45) is 0 Å². The van der Waals surface area contributed by atoms with Crippen LogP contribution in [-0.2, 0) is 0 Å². The van der Waals surface area contributed by atoms with Crippen LogP contribution >= 0.6 is 11.3 Å². The first-order valence-corrected chi connectivity index (χ1v) is 18.9. The Bertz CT molecular complexity index is 1620. The minimum atomic E-state index is -2.18. The van der Waals surface area contributed by atoms with Crippen LogP contribution in [0.5, 0.6) is 0 Å². The van der Waals surface area contributed by atoms with E-state index < -0.39 is 13.3 Å². The number of aromatic nitrogens is 1. The topological polar surface area (TPSA) is 12.9 Å². The summed E-state index contributed by atoms with van der Waals surface area (Å²) in [5, 5.41) is 6.65. The van der Waals surface area contributed by atoms with E-state index >= 15 is 0 Å². The Labute approximate surface area is 188 Å². The number of hydrogen-bond donors (Lipinski definition) is 0. The van der Waals surface area contributed by atoms with Crippen LogP contribution in [0.1, 0.15) is 0 Å². The van der Waals surface area contributed by atoms with Crippen LogP contribution < -0.4 is 4.40 Å². The van der Waals surface area contributed by atoms with E-state index in [0.29, 0.717) is 0 Å². The van der Waals surface area contributed by atoms with Gasteiger partial charge in [-0.1, -0.05) is 0 Å². The summed E-state index contributed by atoms with van der Waals surface area (Å²) in [4.78, 5) is 5.23. The van der Waals surface area contributed by atoms with Crippen molar-refractivity contribution in [3.63, 3.8) is 0 Å². The molecule has 150 valence electrons. The van der Waals surface area contributed by atoms with Gasteiger partial charge in [-0.3, -0.25) is 0 Å². The number of fused-ring (bicyclic) bond motifs is 6. The molecule has 0 amide bonds. The van der Waals surface area contributed by atoms with E-state index in [1.165, 1.54) is 46.3 Å². The van der Waals surface area contributed by atoms with Crippen molar-refractivity contribution in [3.8, 4) is 11.3 Å². The van der Waals surface area contributed by atoms with Gasteiger partial charge in [0.05, 0.1) is 0 Å². The number of thiophene rings is 1. The molecule has 0 aliphatic heterocycles. The van der Waals surface area contributed by atoms with E-state index in [9.17, 15) is 0 Å². The molecule has 0 N–H and O–H groups in total. The molecule has 0 saturated heterocycles. The summed E-state index contributed by atoms with van der Waals surface area (Å²) in [6, 6.07) is 30.9. The fraction of sp³-hybridized carbons (Fsp3) is 0.107. The maximum absolute atomic E-state index is 5.23. The van der Waals surface area contributed by atoms with Gasteiger partial charge in [-0.2, -0.15) is 0 Å². The van der Waals surface area contributed by atoms with Crippen molar-refractivity contribution in [3.05, 3.63) is 84.9 Å². The molecule has 0 radical (unpaired) electrons. The predicted molar refractivity (Wildman–Crippen MR) is 141 cm³/mol. The van der Waals surface area contributed by atoms with Gasteiger partial charge in [0.15, 0.2) is 0 Å². The number of benzene rings is 4. The molecule has 2 heterocycles. The van der Waals surface area contributed by atoms with Crippen LogP contribution in [-0.4, -0.2) is 18.3 Å². The zero-order valence-electron chi connectivity index (χ0n) is 17.9. The molecule has 0 atom stereocenters. The van der Waals surface area contributed by atoms with E-state index in [1.54, 1.807) is 0 Å². The van der Waals surface area contributed by atoms with Gasteiger partial charge in [-0.15, -0.1) is 0 Å². The molecule has 0 spiro atoms. The first kappa shape index (κ1) is 19.0. The zero-order chi connectivity index (χ0) is 21.2. The van der Waals surface area contributed by atoms with Crippen LogP contribution in [0, 0.1) is 0 Å². The van der Waals surface area contributed by atoms with Crippen molar-refractivity contribution in [2.45, 2.75) is 17.3 Å². The molecular formula is C28H23GeNS. The first-order valence-electron chi connectivity index (χ1n) is 10.7. The van der Waals surface area contributed by atoms with E-state index in [-0.39, 0.29) is 0 Å². The predicted octanol–water partition coefficient (Wildman–Crippen LogP) is 7.97. The molecule has 0 fully saturated rings. The van der Waals surface area contributed by atoms with Gasteiger partial charge in [0, 0.05) is 0 Å². The van der Waals surface area contributed by atoms with Gasteiger partial charge >= 0.3 is 189 Å². The molecule has 0 aliphatic rings. The third-order valence-corrected chi connectivity index (χ3v) is 11.6. The molecule has 0 unspecified atom stereocenters. The number of hydrogen-bond acceptors (Lipinski definition) is 2. The van der Waals surface area contributed by atoms with Gasteiger partial charge in [0.25, 0.3) is 0 Å². The Hall–Kier alpha value is -2.69. The standard InChI is InChI=1S/C28H23GeNS/c1-29(2,3)23-17-25(30-24-16-15-18-9-4-5-10-19(18)27(23)24)22-13-8-12-21-20-11-6-7-14-26(20)31-28(21)22/h4-17H,1-3H3. The summed E-state index contributed by atoms with van der Waals surface area (Å²) >= 11 is -0.304. The van der Waals surface area contributed by atoms with Crippen molar-refractivity contribution in [1.82, 2.24) is 4.98 Å². The fourth-order valence-corrected chi connectivity index (χ4v) is 9.23. The van der Waals surface area contributed by atoms with E-state index in [4.69, 9.17) is 4.98 Å². The zero-order valence-corrected chi connectivity index (χ0v) is 20.9. The van der Waals surface area contributed by atoms with Gasteiger partial charge in [0.2, 0.25) is 0 Å². The Balaban J connectivity index is 1.72. The average molecular weight is 478 g/mol. The second kappa shape index (κ2) is 6.91. The molecule has 2 aromatic heterocycles. The monoisotopic (exact) mass is 479 g/mol. The van der Waals surface area contributed by atoms with Crippen LogP contribution in [0.4, 0.5) is 0 Å². The van der Waals surface area contributed by atoms with Crippen LogP contribution in [0.2, 0.25) is 17.3 Å². The molecule has 0 aliphatic carbocycles. The molecule has 31 heavy (non-hydrogen) atoms. The molecule has 0 bridgehead atoms. The summed E-state index contributed by atoms with van der Waals surface area (Å²) in [7, 11) is 0. The molecule has 6 rings (SSSR count). The molecule has 6 aromatic rings. The van der Waals surface area contributed by atoms with E-state index in [0.717, 1.165) is 11.2 Å². The van der Waals surface area contributed by atoms with Crippen LogP contribution in [0.25, 0.3) is 53.1 Å². The minimum absolute atomic E-state index is 1.11. The fourth-order valence-electron chi connectivity index (χ4n) is 4.69. The molecule has 1 nitrogen and oxygen atoms in total. The molecule has 3 heteroatoms. The Morgan fingerprint density at radius 2 is 1.45 bits per heavy atom. The number of pyridine rings is 1. The first-order chi connectivity index (χ1) is 15.0. The number of rotatable bonds is 2. The average Bonchev–Trinajstić information content (AvgIpc) is 3.16. The summed E-state index contributed by atoms with van der Waals surface area (Å²) in [6.07, 6.45) is 0. The second-order valence-electron chi connectivity index (χ2n) is 9.27. The van der Waals surface area contributed by atoms with Crippen molar-refractivity contribution in [1.29, 1.82) is 0 Å². The maximum atomic E-state index is 5.23. The van der Waals surface area contributed by atoms with Crippen molar-refractivity contribution >= 4 is 70.8 Å². The van der Waals surface area contributed by atoms with E-state index in [2.05, 4.69) is 102 Å². The summed E-state index contributed by atoms with van der Waals surface area (Å²) < 4.78 is 4.21. The van der Waals surface area contributed by atoms with Gasteiger partial charge < -0.3 is 0 Å². The van der Waals surface area contributed by atoms with Gasteiger partial charge in [-0.25, -0.2) is 0 Å². The summed E-state index contributed by atoms with van der Waals surface area (Å²) in [5.41, 5.74) is 3.47. The molecular weight excluding hydrogens is 455 g/mol. The Morgan fingerprint density at radius 3 is 2.29 bits per heavy atom. The van der Waals surface area contributed by atoms with Gasteiger partial charge in [-0.05, 0) is 0 Å². The third kappa shape index (κ3) is 3.01. The Morgan fingerprint density at radius 1 is 0.710 bits per heavy atom. The molecule has 4 aromatic carbocycles. The Kier molecular flexibility index (Phi) is 4.24.